The molecule has 15 heavy (non-hydrogen) atoms. The van der Waals surface area contributed by atoms with Crippen molar-refractivity contribution in [2.45, 2.75) is 13.3 Å². The van der Waals surface area contributed by atoms with Crippen LogP contribution in [0.1, 0.15) is 18.3 Å². The maximum absolute atomic E-state index is 8.84. The lowest BCUT2D eigenvalue weighted by atomic mass is 10.2. The average Bonchev–Trinajstić information content (AvgIpc) is 2.72. The number of hydrogen-bond donors (Lipinski definition) is 0. The summed E-state index contributed by atoms with van der Waals surface area (Å²) < 4.78 is 1.71. The van der Waals surface area contributed by atoms with E-state index in [2.05, 4.69) is 10.3 Å². The van der Waals surface area contributed by atoms with Crippen molar-refractivity contribution in [3.63, 3.8) is 0 Å². The summed E-state index contributed by atoms with van der Waals surface area (Å²) >= 11 is 0. The second-order valence-corrected chi connectivity index (χ2v) is 3.10. The zero-order valence-electron chi connectivity index (χ0n) is 8.38. The van der Waals surface area contributed by atoms with E-state index in [9.17, 15) is 0 Å². The van der Waals surface area contributed by atoms with Gasteiger partial charge in [-0.1, -0.05) is 30.3 Å². The van der Waals surface area contributed by atoms with Gasteiger partial charge in [-0.25, -0.2) is 4.68 Å². The number of nitriles is 1. The average molecular weight is 198 g/mol. The molecule has 1 heterocycles. The lowest BCUT2D eigenvalue weighted by molar-refractivity contribution is 0.767. The summed E-state index contributed by atoms with van der Waals surface area (Å²) in [5.41, 5.74) is 2.19. The van der Waals surface area contributed by atoms with Crippen molar-refractivity contribution in [1.29, 1.82) is 5.26 Å². The third-order valence-corrected chi connectivity index (χ3v) is 2.20. The molecular weight excluding hydrogens is 188 g/mol. The summed E-state index contributed by atoms with van der Waals surface area (Å²) in [7, 11) is 0. The topological polar surface area (TPSA) is 54.5 Å². The predicted molar refractivity (Wildman–Crippen MR) is 55.5 cm³/mol. The van der Waals surface area contributed by atoms with Gasteiger partial charge in [-0.2, -0.15) is 5.26 Å². The van der Waals surface area contributed by atoms with Crippen molar-refractivity contribution in [2.24, 2.45) is 0 Å². The maximum Gasteiger partial charge on any atom is 0.186 e. The SMILES string of the molecule is CCc1c(C#N)nnn1-c1ccccc1. The van der Waals surface area contributed by atoms with Crippen molar-refractivity contribution in [2.75, 3.05) is 0 Å². The van der Waals surface area contributed by atoms with Gasteiger partial charge in [-0.15, -0.1) is 5.10 Å². The van der Waals surface area contributed by atoms with Gasteiger partial charge >= 0.3 is 0 Å². The Kier molecular flexibility index (Phi) is 2.46. The standard InChI is InChI=1S/C11H10N4/c1-2-11-10(8-12)13-14-15(11)9-6-4-3-5-7-9/h3-7H,2H2,1H3. The quantitative estimate of drug-likeness (QED) is 0.738. The van der Waals surface area contributed by atoms with Gasteiger partial charge in [0.25, 0.3) is 0 Å². The summed E-state index contributed by atoms with van der Waals surface area (Å²) in [6.07, 6.45) is 0.741. The van der Waals surface area contributed by atoms with E-state index in [1.165, 1.54) is 0 Å². The Hall–Kier alpha value is -2.15. The molecular formula is C11H10N4. The molecule has 0 unspecified atom stereocenters. The number of benzene rings is 1. The fourth-order valence-corrected chi connectivity index (χ4v) is 1.48. The molecule has 0 fully saturated rings. The molecule has 0 amide bonds. The van der Waals surface area contributed by atoms with Crippen molar-refractivity contribution in [3.05, 3.63) is 41.7 Å². The smallest absolute Gasteiger partial charge is 0.186 e. The fourth-order valence-electron chi connectivity index (χ4n) is 1.48. The Balaban J connectivity index is 2.55. The van der Waals surface area contributed by atoms with Crippen LogP contribution in [0.2, 0.25) is 0 Å². The minimum Gasteiger partial charge on any atom is -0.216 e. The van der Waals surface area contributed by atoms with Crippen LogP contribution in [-0.2, 0) is 6.42 Å². The highest BCUT2D eigenvalue weighted by molar-refractivity contribution is 5.36. The molecule has 0 bridgehead atoms. The van der Waals surface area contributed by atoms with E-state index in [0.29, 0.717) is 5.69 Å². The van der Waals surface area contributed by atoms with Crippen LogP contribution in [0.4, 0.5) is 0 Å². The predicted octanol–water partition coefficient (Wildman–Crippen LogP) is 1.70. The normalized spacial score (nSPS) is 9.87. The van der Waals surface area contributed by atoms with Crippen molar-refractivity contribution in [1.82, 2.24) is 15.0 Å². The van der Waals surface area contributed by atoms with E-state index in [4.69, 9.17) is 5.26 Å². The minimum absolute atomic E-state index is 0.404. The molecule has 74 valence electrons. The van der Waals surface area contributed by atoms with Crippen molar-refractivity contribution < 1.29 is 0 Å². The van der Waals surface area contributed by atoms with E-state index >= 15 is 0 Å². The third-order valence-electron chi connectivity index (χ3n) is 2.20. The molecule has 0 saturated heterocycles. The molecule has 1 aromatic carbocycles. The number of aromatic nitrogens is 3. The van der Waals surface area contributed by atoms with Gasteiger partial charge in [-0.05, 0) is 18.6 Å². The number of para-hydroxylation sites is 1. The molecule has 0 aliphatic heterocycles. The first-order valence-corrected chi connectivity index (χ1v) is 4.77. The van der Waals surface area contributed by atoms with Crippen LogP contribution in [0.15, 0.2) is 30.3 Å². The number of nitrogens with zero attached hydrogens (tertiary/aromatic N) is 4. The van der Waals surface area contributed by atoms with E-state index in [1.54, 1.807) is 4.68 Å². The van der Waals surface area contributed by atoms with Gasteiger partial charge in [-0.3, -0.25) is 0 Å². The molecule has 0 radical (unpaired) electrons. The first-order valence-electron chi connectivity index (χ1n) is 4.77. The van der Waals surface area contributed by atoms with Crippen LogP contribution >= 0.6 is 0 Å². The Morgan fingerprint density at radius 1 is 1.33 bits per heavy atom. The van der Waals surface area contributed by atoms with E-state index < -0.39 is 0 Å². The highest BCUT2D eigenvalue weighted by atomic mass is 15.4. The Morgan fingerprint density at radius 3 is 2.67 bits per heavy atom. The van der Waals surface area contributed by atoms with Crippen molar-refractivity contribution in [3.8, 4) is 11.8 Å². The van der Waals surface area contributed by atoms with Crippen LogP contribution in [-0.4, -0.2) is 15.0 Å². The lowest BCUT2D eigenvalue weighted by Gasteiger charge is -2.03. The largest absolute Gasteiger partial charge is 0.216 e. The van der Waals surface area contributed by atoms with Gasteiger partial charge in [0.1, 0.15) is 6.07 Å². The Morgan fingerprint density at radius 2 is 2.07 bits per heavy atom. The summed E-state index contributed by atoms with van der Waals surface area (Å²) in [5, 5.41) is 16.6. The fraction of sp³-hybridized carbons (Fsp3) is 0.182. The van der Waals surface area contributed by atoms with Crippen LogP contribution in [0.5, 0.6) is 0 Å². The first kappa shape index (κ1) is 9.41. The second-order valence-electron chi connectivity index (χ2n) is 3.10. The van der Waals surface area contributed by atoms with Crippen molar-refractivity contribution >= 4 is 0 Å². The number of rotatable bonds is 2. The summed E-state index contributed by atoms with van der Waals surface area (Å²) in [6.45, 7) is 1.99. The van der Waals surface area contributed by atoms with E-state index in [-0.39, 0.29) is 0 Å². The number of hydrogen-bond acceptors (Lipinski definition) is 3. The molecule has 0 aliphatic rings. The summed E-state index contributed by atoms with van der Waals surface area (Å²) in [4.78, 5) is 0. The highest BCUT2D eigenvalue weighted by Crippen LogP contribution is 2.12. The monoisotopic (exact) mass is 198 g/mol. The minimum atomic E-state index is 0.404. The summed E-state index contributed by atoms with van der Waals surface area (Å²) in [5.74, 6) is 0. The second kappa shape index (κ2) is 3.93. The lowest BCUT2D eigenvalue weighted by Crippen LogP contribution is -2.01. The van der Waals surface area contributed by atoms with Gasteiger partial charge in [0.15, 0.2) is 5.69 Å². The molecule has 4 heteroatoms. The van der Waals surface area contributed by atoms with Gasteiger partial charge < -0.3 is 0 Å². The molecule has 0 atom stereocenters. The maximum atomic E-state index is 8.84. The first-order chi connectivity index (χ1) is 7.36. The van der Waals surface area contributed by atoms with Gasteiger partial charge in [0, 0.05) is 0 Å². The molecule has 1 aromatic heterocycles. The van der Waals surface area contributed by atoms with Crippen LogP contribution in [0.25, 0.3) is 5.69 Å². The molecule has 0 N–H and O–H groups in total. The Labute approximate surface area is 87.8 Å². The molecule has 0 aliphatic carbocycles. The molecule has 0 spiro atoms. The molecule has 2 rings (SSSR count). The van der Waals surface area contributed by atoms with Crippen LogP contribution in [0.3, 0.4) is 0 Å². The molecule has 2 aromatic rings. The van der Waals surface area contributed by atoms with Crippen LogP contribution < -0.4 is 0 Å². The zero-order valence-corrected chi connectivity index (χ0v) is 8.38. The Bertz CT molecular complexity index is 493. The van der Waals surface area contributed by atoms with Gasteiger partial charge in [0.2, 0.25) is 0 Å². The molecule has 0 saturated carbocycles. The zero-order chi connectivity index (χ0) is 10.7. The van der Waals surface area contributed by atoms with E-state index in [1.807, 2.05) is 43.3 Å². The van der Waals surface area contributed by atoms with Gasteiger partial charge in [0.05, 0.1) is 11.4 Å². The third kappa shape index (κ3) is 1.59. The highest BCUT2D eigenvalue weighted by Gasteiger charge is 2.11. The summed E-state index contributed by atoms with van der Waals surface area (Å²) in [6, 6.07) is 11.7. The van der Waals surface area contributed by atoms with E-state index in [0.717, 1.165) is 17.8 Å². The molecule has 4 nitrogen and oxygen atoms in total. The van der Waals surface area contributed by atoms with Crippen LogP contribution in [0, 0.1) is 11.3 Å².